The number of nitrogens with zero attached hydrogens (tertiary/aromatic N) is 4. The first-order chi connectivity index (χ1) is 12.7. The minimum Gasteiger partial charge on any atom is -0.396 e. The van der Waals surface area contributed by atoms with Crippen molar-refractivity contribution in [3.8, 4) is 0 Å². The summed E-state index contributed by atoms with van der Waals surface area (Å²) in [6.07, 6.45) is 7.29. The van der Waals surface area contributed by atoms with E-state index in [1.54, 1.807) is 6.07 Å². The molecule has 0 saturated carbocycles. The zero-order valence-corrected chi connectivity index (χ0v) is 14.5. The third kappa shape index (κ3) is 4.45. The number of aliphatic hydroxyl groups is 1. The van der Waals surface area contributed by atoms with E-state index in [4.69, 9.17) is 0 Å². The van der Waals surface area contributed by atoms with Gasteiger partial charge in [-0.25, -0.2) is 9.97 Å². The van der Waals surface area contributed by atoms with Crippen molar-refractivity contribution < 1.29 is 10.0 Å². The fraction of sp³-hybridized carbons (Fsp3) is 0.444. The molecule has 1 atom stereocenters. The number of rotatable bonds is 7. The van der Waals surface area contributed by atoms with Crippen LogP contribution < -0.4 is 10.2 Å². The fourth-order valence-electron chi connectivity index (χ4n) is 3.23. The van der Waals surface area contributed by atoms with Gasteiger partial charge in [-0.05, 0) is 43.4 Å². The lowest BCUT2D eigenvalue weighted by Gasteiger charge is -2.36. The molecule has 138 valence electrons. The molecular formula is C18H23N5O3. The highest BCUT2D eigenvalue weighted by atomic mass is 16.6. The molecule has 8 heteroatoms. The zero-order chi connectivity index (χ0) is 18.4. The van der Waals surface area contributed by atoms with Gasteiger partial charge in [-0.1, -0.05) is 6.07 Å². The Hall–Kier alpha value is -2.74. The van der Waals surface area contributed by atoms with Crippen LogP contribution in [0.15, 0.2) is 36.7 Å². The topological polar surface area (TPSA) is 104 Å². The molecule has 0 aliphatic carbocycles. The van der Waals surface area contributed by atoms with Gasteiger partial charge in [0.15, 0.2) is 0 Å². The molecule has 0 aromatic carbocycles. The Morgan fingerprint density at radius 3 is 2.77 bits per heavy atom. The number of anilines is 2. The molecule has 0 bridgehead atoms. The van der Waals surface area contributed by atoms with E-state index in [2.05, 4.69) is 20.2 Å². The number of piperidine rings is 1. The third-order valence-corrected chi connectivity index (χ3v) is 4.63. The van der Waals surface area contributed by atoms with Gasteiger partial charge in [0.25, 0.3) is 5.69 Å². The zero-order valence-electron chi connectivity index (χ0n) is 14.5. The number of nitrogens with one attached hydrogen (secondary N) is 1. The Morgan fingerprint density at radius 1 is 1.23 bits per heavy atom. The maximum atomic E-state index is 10.6. The van der Waals surface area contributed by atoms with Crippen LogP contribution in [0.1, 0.15) is 31.2 Å². The van der Waals surface area contributed by atoms with Crippen LogP contribution in [0, 0.1) is 10.1 Å². The summed E-state index contributed by atoms with van der Waals surface area (Å²) in [4.78, 5) is 21.1. The summed E-state index contributed by atoms with van der Waals surface area (Å²) in [6, 6.07) is 7.40. The van der Waals surface area contributed by atoms with Gasteiger partial charge in [-0.2, -0.15) is 0 Å². The second kappa shape index (κ2) is 8.57. The summed E-state index contributed by atoms with van der Waals surface area (Å²) in [5.41, 5.74) is 0.977. The summed E-state index contributed by atoms with van der Waals surface area (Å²) in [5.74, 6) is 1.53. The number of hydrogen-bond donors (Lipinski definition) is 2. The number of aromatic nitrogens is 2. The molecule has 0 radical (unpaired) electrons. The second-order valence-electron chi connectivity index (χ2n) is 6.39. The van der Waals surface area contributed by atoms with Gasteiger partial charge >= 0.3 is 0 Å². The molecule has 2 aromatic rings. The van der Waals surface area contributed by atoms with Crippen LogP contribution >= 0.6 is 0 Å². The highest BCUT2D eigenvalue weighted by Crippen LogP contribution is 2.25. The van der Waals surface area contributed by atoms with Gasteiger partial charge in [-0.15, -0.1) is 0 Å². The molecule has 1 aliphatic heterocycles. The van der Waals surface area contributed by atoms with Crippen molar-refractivity contribution in [3.63, 3.8) is 0 Å². The second-order valence-corrected chi connectivity index (χ2v) is 6.39. The van der Waals surface area contributed by atoms with Gasteiger partial charge in [0, 0.05) is 38.0 Å². The third-order valence-electron chi connectivity index (χ3n) is 4.63. The summed E-state index contributed by atoms with van der Waals surface area (Å²) < 4.78 is 0. The van der Waals surface area contributed by atoms with Crippen LogP contribution in [0.25, 0.3) is 0 Å². The van der Waals surface area contributed by atoms with Crippen molar-refractivity contribution in [3.05, 3.63) is 52.3 Å². The predicted molar refractivity (Wildman–Crippen MR) is 99.1 cm³/mol. The lowest BCUT2D eigenvalue weighted by atomic mass is 9.99. The minimum atomic E-state index is -0.468. The van der Waals surface area contributed by atoms with E-state index in [1.165, 1.54) is 18.7 Å². The first kappa shape index (κ1) is 18.1. The maximum Gasteiger partial charge on any atom is 0.287 e. The van der Waals surface area contributed by atoms with Crippen molar-refractivity contribution in [2.75, 3.05) is 23.4 Å². The van der Waals surface area contributed by atoms with Gasteiger partial charge in [0.1, 0.15) is 17.8 Å². The molecular weight excluding hydrogens is 334 g/mol. The summed E-state index contributed by atoms with van der Waals surface area (Å²) >= 11 is 0. The van der Waals surface area contributed by atoms with E-state index in [0.717, 1.165) is 37.2 Å². The van der Waals surface area contributed by atoms with Crippen molar-refractivity contribution >= 4 is 17.3 Å². The van der Waals surface area contributed by atoms with E-state index >= 15 is 0 Å². The molecule has 8 nitrogen and oxygen atoms in total. The average Bonchev–Trinajstić information content (AvgIpc) is 2.68. The van der Waals surface area contributed by atoms with Crippen LogP contribution in [0.5, 0.6) is 0 Å². The Morgan fingerprint density at radius 2 is 2.12 bits per heavy atom. The Balaban J connectivity index is 1.59. The van der Waals surface area contributed by atoms with E-state index in [-0.39, 0.29) is 12.3 Å². The summed E-state index contributed by atoms with van der Waals surface area (Å²) in [6.45, 7) is 1.71. The number of nitro groups is 1. The fourth-order valence-corrected chi connectivity index (χ4v) is 3.23. The van der Waals surface area contributed by atoms with Gasteiger partial charge in [0.05, 0.1) is 4.92 Å². The van der Waals surface area contributed by atoms with Crippen molar-refractivity contribution in [2.45, 2.75) is 38.3 Å². The van der Waals surface area contributed by atoms with Crippen LogP contribution in [-0.4, -0.2) is 39.2 Å². The largest absolute Gasteiger partial charge is 0.396 e. The lowest BCUT2D eigenvalue weighted by molar-refractivity contribution is -0.385. The lowest BCUT2D eigenvalue weighted by Crippen LogP contribution is -2.40. The molecule has 0 amide bonds. The Labute approximate surface area is 152 Å². The van der Waals surface area contributed by atoms with Crippen LogP contribution in [0.3, 0.4) is 0 Å². The summed E-state index contributed by atoms with van der Waals surface area (Å²) in [7, 11) is 0. The molecule has 3 rings (SSSR count). The standard InChI is InChI=1S/C18H23N5O3/c24-10-8-15-3-1-2-9-22(15)18-7-4-14(12-21-18)11-19-17-6-5-16(13-20-17)23(25)26/h4-7,12-13,15,24H,1-3,8-11H2,(H,19,20)/t15-/m0/s1. The highest BCUT2D eigenvalue weighted by Gasteiger charge is 2.22. The van der Waals surface area contributed by atoms with E-state index < -0.39 is 4.92 Å². The van der Waals surface area contributed by atoms with Gasteiger partial charge in [-0.3, -0.25) is 10.1 Å². The molecule has 0 unspecified atom stereocenters. The molecule has 2 aromatic heterocycles. The smallest absolute Gasteiger partial charge is 0.287 e. The van der Waals surface area contributed by atoms with Crippen LogP contribution in [0.2, 0.25) is 0 Å². The molecule has 2 N–H and O–H groups in total. The minimum absolute atomic E-state index is 0.0273. The normalized spacial score (nSPS) is 17.1. The van der Waals surface area contributed by atoms with E-state index in [0.29, 0.717) is 18.4 Å². The number of aliphatic hydroxyl groups excluding tert-OH is 1. The first-order valence-electron chi connectivity index (χ1n) is 8.84. The molecule has 3 heterocycles. The molecule has 1 aliphatic rings. The average molecular weight is 357 g/mol. The number of pyridine rings is 2. The maximum absolute atomic E-state index is 10.6. The highest BCUT2D eigenvalue weighted by molar-refractivity contribution is 5.43. The Bertz CT molecular complexity index is 719. The molecule has 1 fully saturated rings. The Kier molecular flexibility index (Phi) is 5.96. The van der Waals surface area contributed by atoms with Gasteiger partial charge in [0.2, 0.25) is 0 Å². The van der Waals surface area contributed by atoms with Crippen molar-refractivity contribution in [2.24, 2.45) is 0 Å². The predicted octanol–water partition coefficient (Wildman–Crippen LogP) is 2.74. The van der Waals surface area contributed by atoms with Crippen LogP contribution in [-0.2, 0) is 6.54 Å². The van der Waals surface area contributed by atoms with Crippen molar-refractivity contribution in [1.29, 1.82) is 0 Å². The number of hydrogen-bond acceptors (Lipinski definition) is 7. The van der Waals surface area contributed by atoms with Crippen molar-refractivity contribution in [1.82, 2.24) is 9.97 Å². The molecule has 0 spiro atoms. The first-order valence-corrected chi connectivity index (χ1v) is 8.84. The SMILES string of the molecule is O=[N+]([O-])c1ccc(NCc2ccc(N3CCCC[C@H]3CCO)nc2)nc1. The monoisotopic (exact) mass is 357 g/mol. The van der Waals surface area contributed by atoms with E-state index in [1.807, 2.05) is 18.3 Å². The van der Waals surface area contributed by atoms with Gasteiger partial charge < -0.3 is 15.3 Å². The summed E-state index contributed by atoms with van der Waals surface area (Å²) in [5, 5.41) is 23.0. The van der Waals surface area contributed by atoms with E-state index in [9.17, 15) is 15.2 Å². The molecule has 1 saturated heterocycles. The quantitative estimate of drug-likeness (QED) is 0.580. The van der Waals surface area contributed by atoms with Crippen LogP contribution in [0.4, 0.5) is 17.3 Å². The molecule has 26 heavy (non-hydrogen) atoms.